The Morgan fingerprint density at radius 2 is 1.95 bits per heavy atom. The van der Waals surface area contributed by atoms with Gasteiger partial charge < -0.3 is 36.2 Å². The number of primary amides is 1. The standard InChI is InChI=1S/C28H33N3O9/c1-4-31-7-5-6-16(31)13-10-17(33)19-14(24(13)40-3)8-12-9-15-21(30-11(2)32)23(35)20(27(29)38)26(37)28(15,39)25(36)18(12)22(19)34/h10,12,15-16,21,33,35-36,39H,4-9H2,1-3H3,(H2,29,38)(H,30,32)/t12-,15-,16-,21-,28-/m0/s1. The largest absolute Gasteiger partial charge is 0.509 e. The topological polar surface area (TPSA) is 200 Å². The van der Waals surface area contributed by atoms with E-state index >= 15 is 0 Å². The minimum absolute atomic E-state index is 0.0255. The van der Waals surface area contributed by atoms with E-state index in [2.05, 4.69) is 10.2 Å². The molecule has 7 N–H and O–H groups in total. The van der Waals surface area contributed by atoms with Crippen molar-refractivity contribution in [2.45, 2.75) is 57.2 Å². The van der Waals surface area contributed by atoms with Gasteiger partial charge in [-0.05, 0) is 50.8 Å². The summed E-state index contributed by atoms with van der Waals surface area (Å²) in [5, 5.41) is 47.4. The number of fused-ring (bicyclic) bond motifs is 3. The Labute approximate surface area is 230 Å². The smallest absolute Gasteiger partial charge is 0.255 e. The van der Waals surface area contributed by atoms with E-state index in [1.54, 1.807) is 0 Å². The van der Waals surface area contributed by atoms with Gasteiger partial charge in [0.05, 0.1) is 18.7 Å². The first-order chi connectivity index (χ1) is 18.9. The Hall–Kier alpha value is -3.90. The van der Waals surface area contributed by atoms with Crippen molar-refractivity contribution in [1.82, 2.24) is 10.2 Å². The number of amides is 2. The number of Topliss-reactive ketones (excluding diaryl/α,β-unsaturated/α-hetero) is 2. The first-order valence-corrected chi connectivity index (χ1v) is 13.3. The lowest BCUT2D eigenvalue weighted by Crippen LogP contribution is -2.64. The predicted octanol–water partition coefficient (Wildman–Crippen LogP) is 0.861. The summed E-state index contributed by atoms with van der Waals surface area (Å²) in [6, 6.07) is 0.0282. The second-order valence-electron chi connectivity index (χ2n) is 10.9. The third kappa shape index (κ3) is 3.73. The van der Waals surface area contributed by atoms with Gasteiger partial charge in [0.25, 0.3) is 5.91 Å². The molecule has 0 aromatic heterocycles. The van der Waals surface area contributed by atoms with Crippen LogP contribution in [0.1, 0.15) is 60.6 Å². The monoisotopic (exact) mass is 555 g/mol. The number of allylic oxidation sites excluding steroid dienone is 1. The van der Waals surface area contributed by atoms with Crippen molar-refractivity contribution in [3.63, 3.8) is 0 Å². The molecule has 2 amide bonds. The van der Waals surface area contributed by atoms with E-state index in [0.29, 0.717) is 11.3 Å². The molecule has 4 aliphatic rings. The summed E-state index contributed by atoms with van der Waals surface area (Å²) in [4.78, 5) is 53.6. The summed E-state index contributed by atoms with van der Waals surface area (Å²) in [7, 11) is 1.48. The van der Waals surface area contributed by atoms with Crippen LogP contribution in [-0.2, 0) is 20.8 Å². The molecule has 3 aliphatic carbocycles. The van der Waals surface area contributed by atoms with Crippen LogP contribution in [0.5, 0.6) is 11.5 Å². The zero-order valence-corrected chi connectivity index (χ0v) is 22.5. The van der Waals surface area contributed by atoms with E-state index < -0.39 is 64.0 Å². The number of nitrogens with two attached hydrogens (primary N) is 1. The second kappa shape index (κ2) is 9.63. The molecule has 0 spiro atoms. The lowest BCUT2D eigenvalue weighted by atomic mass is 9.58. The molecule has 1 fully saturated rings. The average Bonchev–Trinajstić information content (AvgIpc) is 3.36. The molecule has 40 heavy (non-hydrogen) atoms. The van der Waals surface area contributed by atoms with E-state index in [0.717, 1.165) is 38.4 Å². The number of likely N-dealkylation sites (tertiary alicyclic amines) is 1. The molecule has 0 bridgehead atoms. The van der Waals surface area contributed by atoms with Gasteiger partial charge in [-0.3, -0.25) is 24.1 Å². The highest BCUT2D eigenvalue weighted by atomic mass is 16.5. The van der Waals surface area contributed by atoms with Crippen LogP contribution in [0.25, 0.3) is 0 Å². The molecular formula is C28H33N3O9. The number of methoxy groups -OCH3 is 1. The van der Waals surface area contributed by atoms with Crippen molar-refractivity contribution in [3.05, 3.63) is 45.4 Å². The van der Waals surface area contributed by atoms with Crippen LogP contribution >= 0.6 is 0 Å². The lowest BCUT2D eigenvalue weighted by molar-refractivity contribution is -0.147. The van der Waals surface area contributed by atoms with Crippen molar-refractivity contribution >= 4 is 23.4 Å². The van der Waals surface area contributed by atoms with Gasteiger partial charge in [0, 0.05) is 35.6 Å². The highest BCUT2D eigenvalue weighted by Gasteiger charge is 2.63. The number of rotatable bonds is 5. The van der Waals surface area contributed by atoms with Crippen LogP contribution in [0, 0.1) is 11.8 Å². The Morgan fingerprint density at radius 1 is 1.25 bits per heavy atom. The van der Waals surface area contributed by atoms with Gasteiger partial charge in [0.2, 0.25) is 11.7 Å². The van der Waals surface area contributed by atoms with Crippen LogP contribution < -0.4 is 15.8 Å². The van der Waals surface area contributed by atoms with Crippen molar-refractivity contribution in [2.24, 2.45) is 17.6 Å². The fourth-order valence-corrected chi connectivity index (χ4v) is 7.18. The minimum Gasteiger partial charge on any atom is -0.509 e. The van der Waals surface area contributed by atoms with Crippen LogP contribution in [-0.4, -0.2) is 80.5 Å². The lowest BCUT2D eigenvalue weighted by Gasteiger charge is -2.48. The normalized spacial score (nSPS) is 30.1. The molecule has 214 valence electrons. The van der Waals surface area contributed by atoms with Crippen LogP contribution in [0.2, 0.25) is 0 Å². The fraction of sp³-hybridized carbons (Fsp3) is 0.500. The van der Waals surface area contributed by atoms with Crippen molar-refractivity contribution in [2.75, 3.05) is 20.2 Å². The van der Waals surface area contributed by atoms with E-state index in [1.807, 2.05) is 6.92 Å². The summed E-state index contributed by atoms with van der Waals surface area (Å²) >= 11 is 0. The maximum absolute atomic E-state index is 13.9. The van der Waals surface area contributed by atoms with Gasteiger partial charge in [-0.2, -0.15) is 0 Å². The SMILES string of the molecule is CCN1CCC[C@H]1c1cc(O)c2c(c1OC)C[C@H]1C[C@H]3[C@H](NC(C)=O)C(O)=C(C(N)=O)C(=O)[C@@]3(O)C(O)=C1C2=O. The van der Waals surface area contributed by atoms with Gasteiger partial charge >= 0.3 is 0 Å². The zero-order chi connectivity index (χ0) is 29.3. The number of aliphatic hydroxyl groups is 3. The molecule has 1 heterocycles. The molecule has 12 nitrogen and oxygen atoms in total. The number of hydrogen-bond donors (Lipinski definition) is 6. The quantitative estimate of drug-likeness (QED) is 0.283. The van der Waals surface area contributed by atoms with Gasteiger partial charge in [-0.25, -0.2) is 0 Å². The van der Waals surface area contributed by atoms with Crippen LogP contribution in [0.4, 0.5) is 0 Å². The maximum Gasteiger partial charge on any atom is 0.255 e. The predicted molar refractivity (Wildman–Crippen MR) is 140 cm³/mol. The molecule has 0 saturated carbocycles. The maximum atomic E-state index is 13.9. The number of ether oxygens (including phenoxy) is 1. The number of phenolic OH excluding ortho intramolecular Hbond substituents is 1. The van der Waals surface area contributed by atoms with Gasteiger partial charge in [0.15, 0.2) is 11.4 Å². The summed E-state index contributed by atoms with van der Waals surface area (Å²) in [5.74, 6) is -7.95. The number of hydrogen-bond acceptors (Lipinski definition) is 10. The van der Waals surface area contributed by atoms with Gasteiger partial charge in [-0.15, -0.1) is 0 Å². The molecule has 1 aromatic rings. The third-order valence-electron chi connectivity index (χ3n) is 8.87. The highest BCUT2D eigenvalue weighted by molar-refractivity contribution is 6.25. The molecular weight excluding hydrogens is 522 g/mol. The summed E-state index contributed by atoms with van der Waals surface area (Å²) in [6.45, 7) is 4.86. The number of aromatic hydroxyl groups is 1. The summed E-state index contributed by atoms with van der Waals surface area (Å²) in [6.07, 6.45) is 1.78. The molecule has 0 unspecified atom stereocenters. The van der Waals surface area contributed by atoms with E-state index in [4.69, 9.17) is 10.5 Å². The number of ketones is 2. The van der Waals surface area contributed by atoms with E-state index in [1.165, 1.54) is 13.2 Å². The van der Waals surface area contributed by atoms with Crippen LogP contribution in [0.15, 0.2) is 28.7 Å². The zero-order valence-electron chi connectivity index (χ0n) is 22.5. The molecule has 0 radical (unpaired) electrons. The number of nitrogens with one attached hydrogen (secondary N) is 1. The Morgan fingerprint density at radius 3 is 2.55 bits per heavy atom. The number of carbonyl (C=O) groups is 4. The summed E-state index contributed by atoms with van der Waals surface area (Å²) < 4.78 is 5.81. The first-order valence-electron chi connectivity index (χ1n) is 13.3. The molecule has 12 heteroatoms. The van der Waals surface area contributed by atoms with Gasteiger partial charge in [0.1, 0.15) is 28.6 Å². The Bertz CT molecular complexity index is 1410. The number of phenols is 1. The highest BCUT2D eigenvalue weighted by Crippen LogP contribution is 2.54. The minimum atomic E-state index is -2.83. The number of aliphatic hydroxyl groups excluding tert-OH is 2. The van der Waals surface area contributed by atoms with Crippen molar-refractivity contribution in [3.8, 4) is 11.5 Å². The van der Waals surface area contributed by atoms with Crippen molar-refractivity contribution < 1.29 is 44.3 Å². The Kier molecular flexibility index (Phi) is 6.66. The van der Waals surface area contributed by atoms with Gasteiger partial charge in [-0.1, -0.05) is 6.92 Å². The molecule has 1 aromatic carbocycles. The molecule has 5 rings (SSSR count). The summed E-state index contributed by atoms with van der Waals surface area (Å²) in [5.41, 5.74) is 2.31. The molecule has 5 atom stereocenters. The van der Waals surface area contributed by atoms with E-state index in [9.17, 15) is 39.6 Å². The third-order valence-corrected chi connectivity index (χ3v) is 8.87. The first kappa shape index (κ1) is 27.7. The number of carbonyl (C=O) groups excluding carboxylic acids is 4. The average molecular weight is 556 g/mol. The number of benzene rings is 1. The second-order valence-corrected chi connectivity index (χ2v) is 10.9. The van der Waals surface area contributed by atoms with Crippen molar-refractivity contribution in [1.29, 1.82) is 0 Å². The van der Waals surface area contributed by atoms with Crippen LogP contribution in [0.3, 0.4) is 0 Å². The fourth-order valence-electron chi connectivity index (χ4n) is 7.18. The Balaban J connectivity index is 1.69. The number of nitrogens with zero attached hydrogens (tertiary/aromatic N) is 1. The molecule has 1 aliphatic heterocycles. The van der Waals surface area contributed by atoms with E-state index in [-0.39, 0.29) is 35.8 Å². The molecule has 1 saturated heterocycles.